The van der Waals surface area contributed by atoms with Crippen molar-refractivity contribution in [3.05, 3.63) is 0 Å². The second kappa shape index (κ2) is 6.03. The van der Waals surface area contributed by atoms with E-state index < -0.39 is 16.9 Å². The summed E-state index contributed by atoms with van der Waals surface area (Å²) in [6.07, 6.45) is 2.34. The number of carboxylic acids is 1. The Morgan fingerprint density at radius 2 is 1.95 bits per heavy atom. The molecule has 0 saturated carbocycles. The van der Waals surface area contributed by atoms with E-state index in [-0.39, 0.29) is 6.03 Å². The molecule has 3 N–H and O–H groups in total. The molecule has 110 valence electrons. The third-order valence-electron chi connectivity index (χ3n) is 4.04. The van der Waals surface area contributed by atoms with Gasteiger partial charge in [0, 0.05) is 11.8 Å². The van der Waals surface area contributed by atoms with E-state index in [4.69, 9.17) is 0 Å². The van der Waals surface area contributed by atoms with Crippen molar-refractivity contribution in [3.8, 4) is 0 Å². The van der Waals surface area contributed by atoms with Crippen LogP contribution in [0.25, 0.3) is 0 Å². The standard InChI is InChI=1S/C13H24N2O3S/c1-12(2,10(16)17)13(3,4)15-11(18)14-8-9-6-5-7-19-9/h9H,5-8H2,1-4H3,(H,16,17)(H2,14,15,18). The number of amides is 2. The Balaban J connectivity index is 2.47. The molecular formula is C13H24N2O3S. The van der Waals surface area contributed by atoms with Gasteiger partial charge in [-0.05, 0) is 46.3 Å². The molecule has 2 amide bonds. The Bertz CT molecular complexity index is 350. The number of hydrogen-bond acceptors (Lipinski definition) is 3. The normalized spacial score (nSPS) is 20.1. The van der Waals surface area contributed by atoms with Gasteiger partial charge in [0.05, 0.1) is 11.0 Å². The second-order valence-electron chi connectivity index (χ2n) is 6.03. The molecule has 0 aromatic carbocycles. The smallest absolute Gasteiger partial charge is 0.315 e. The maximum atomic E-state index is 11.9. The summed E-state index contributed by atoms with van der Waals surface area (Å²) in [7, 11) is 0. The summed E-state index contributed by atoms with van der Waals surface area (Å²) in [5.74, 6) is 0.232. The van der Waals surface area contributed by atoms with Crippen LogP contribution in [0.1, 0.15) is 40.5 Å². The minimum atomic E-state index is -1.04. The summed E-state index contributed by atoms with van der Waals surface area (Å²) in [5.41, 5.74) is -1.86. The molecule has 0 aromatic rings. The van der Waals surface area contributed by atoms with Gasteiger partial charge in [-0.2, -0.15) is 11.8 Å². The van der Waals surface area contributed by atoms with Crippen LogP contribution < -0.4 is 10.6 Å². The molecule has 0 radical (unpaired) electrons. The monoisotopic (exact) mass is 288 g/mol. The van der Waals surface area contributed by atoms with Crippen LogP contribution in [0.2, 0.25) is 0 Å². The molecule has 19 heavy (non-hydrogen) atoms. The van der Waals surface area contributed by atoms with E-state index in [1.165, 1.54) is 6.42 Å². The summed E-state index contributed by atoms with van der Waals surface area (Å²) >= 11 is 1.88. The predicted molar refractivity (Wildman–Crippen MR) is 77.5 cm³/mol. The van der Waals surface area contributed by atoms with Gasteiger partial charge in [-0.15, -0.1) is 0 Å². The first-order valence-electron chi connectivity index (χ1n) is 6.58. The van der Waals surface area contributed by atoms with Crippen LogP contribution in [0.5, 0.6) is 0 Å². The summed E-state index contributed by atoms with van der Waals surface area (Å²) < 4.78 is 0. The molecule has 1 atom stereocenters. The van der Waals surface area contributed by atoms with Crippen molar-refractivity contribution in [2.45, 2.75) is 51.3 Å². The van der Waals surface area contributed by atoms with Crippen molar-refractivity contribution in [1.82, 2.24) is 10.6 Å². The minimum Gasteiger partial charge on any atom is -0.481 e. The molecule has 1 fully saturated rings. The largest absolute Gasteiger partial charge is 0.481 e. The Morgan fingerprint density at radius 3 is 2.42 bits per heavy atom. The maximum absolute atomic E-state index is 11.9. The number of rotatable bonds is 5. The fraction of sp³-hybridized carbons (Fsp3) is 0.846. The highest BCUT2D eigenvalue weighted by Gasteiger charge is 2.44. The summed E-state index contributed by atoms with van der Waals surface area (Å²) in [4.78, 5) is 23.1. The lowest BCUT2D eigenvalue weighted by atomic mass is 9.74. The van der Waals surface area contributed by atoms with Crippen molar-refractivity contribution < 1.29 is 14.7 Å². The van der Waals surface area contributed by atoms with Gasteiger partial charge < -0.3 is 15.7 Å². The molecule has 6 heteroatoms. The van der Waals surface area contributed by atoms with Crippen molar-refractivity contribution in [1.29, 1.82) is 0 Å². The molecule has 0 aliphatic carbocycles. The number of carbonyl (C=O) groups is 2. The zero-order valence-electron chi connectivity index (χ0n) is 12.1. The van der Waals surface area contributed by atoms with E-state index in [0.29, 0.717) is 11.8 Å². The number of carbonyl (C=O) groups excluding carboxylic acids is 1. The predicted octanol–water partition coefficient (Wildman–Crippen LogP) is 2.07. The van der Waals surface area contributed by atoms with Crippen LogP contribution in [0.4, 0.5) is 4.79 Å². The molecule has 1 aliphatic rings. The molecule has 0 spiro atoms. The summed E-state index contributed by atoms with van der Waals surface area (Å²) in [6, 6.07) is -0.299. The molecule has 1 unspecified atom stereocenters. The number of aliphatic carboxylic acids is 1. The number of urea groups is 1. The average molecular weight is 288 g/mol. The Labute approximate surface area is 118 Å². The zero-order valence-corrected chi connectivity index (χ0v) is 12.9. The van der Waals surface area contributed by atoms with Crippen LogP contribution in [-0.4, -0.2) is 40.2 Å². The van der Waals surface area contributed by atoms with Crippen LogP contribution >= 0.6 is 11.8 Å². The van der Waals surface area contributed by atoms with E-state index in [9.17, 15) is 14.7 Å². The maximum Gasteiger partial charge on any atom is 0.315 e. The Kier molecular flexibility index (Phi) is 5.12. The van der Waals surface area contributed by atoms with Crippen molar-refractivity contribution in [2.24, 2.45) is 5.41 Å². The topological polar surface area (TPSA) is 78.4 Å². The van der Waals surface area contributed by atoms with Crippen molar-refractivity contribution in [2.75, 3.05) is 12.3 Å². The number of thioether (sulfide) groups is 1. The highest BCUT2D eigenvalue weighted by Crippen LogP contribution is 2.30. The van der Waals surface area contributed by atoms with Gasteiger partial charge in [0.1, 0.15) is 0 Å². The van der Waals surface area contributed by atoms with Gasteiger partial charge in [-0.25, -0.2) is 4.79 Å². The molecule has 1 heterocycles. The first-order chi connectivity index (χ1) is 8.67. The van der Waals surface area contributed by atoms with Gasteiger partial charge in [0.15, 0.2) is 0 Å². The lowest BCUT2D eigenvalue weighted by Gasteiger charge is -2.38. The van der Waals surface area contributed by atoms with Gasteiger partial charge >= 0.3 is 12.0 Å². The highest BCUT2D eigenvalue weighted by molar-refractivity contribution is 8.00. The molecular weight excluding hydrogens is 264 g/mol. The SMILES string of the molecule is CC(C)(NC(=O)NCC1CCCS1)C(C)(C)C(=O)O. The van der Waals surface area contributed by atoms with Gasteiger partial charge in [0.25, 0.3) is 0 Å². The quantitative estimate of drug-likeness (QED) is 0.723. The second-order valence-corrected chi connectivity index (χ2v) is 7.43. The molecule has 0 aromatic heterocycles. The van der Waals surface area contributed by atoms with Crippen LogP contribution in [0, 0.1) is 5.41 Å². The van der Waals surface area contributed by atoms with Gasteiger partial charge in [-0.1, -0.05) is 0 Å². The third-order valence-corrected chi connectivity index (χ3v) is 5.44. The van der Waals surface area contributed by atoms with E-state index in [2.05, 4.69) is 10.6 Å². The Hall–Kier alpha value is -0.910. The van der Waals surface area contributed by atoms with E-state index in [1.807, 2.05) is 11.8 Å². The fourth-order valence-electron chi connectivity index (χ4n) is 1.76. The van der Waals surface area contributed by atoms with Crippen LogP contribution in [-0.2, 0) is 4.79 Å². The van der Waals surface area contributed by atoms with E-state index in [1.54, 1.807) is 27.7 Å². The number of hydrogen-bond donors (Lipinski definition) is 3. The number of carboxylic acid groups (broad SMARTS) is 1. The van der Waals surface area contributed by atoms with Crippen molar-refractivity contribution >= 4 is 23.8 Å². The average Bonchev–Trinajstić information content (AvgIpc) is 2.78. The minimum absolute atomic E-state index is 0.299. The molecule has 1 saturated heterocycles. The van der Waals surface area contributed by atoms with Crippen LogP contribution in [0.15, 0.2) is 0 Å². The summed E-state index contributed by atoms with van der Waals surface area (Å²) in [6.45, 7) is 7.32. The zero-order chi connectivity index (χ0) is 14.7. The summed E-state index contributed by atoms with van der Waals surface area (Å²) in [5, 5.41) is 15.3. The number of nitrogens with one attached hydrogen (secondary N) is 2. The molecule has 0 bridgehead atoms. The fourth-order valence-corrected chi connectivity index (χ4v) is 2.96. The first-order valence-corrected chi connectivity index (χ1v) is 7.63. The first kappa shape index (κ1) is 16.1. The molecule has 1 rings (SSSR count). The van der Waals surface area contributed by atoms with E-state index >= 15 is 0 Å². The van der Waals surface area contributed by atoms with Crippen molar-refractivity contribution in [3.63, 3.8) is 0 Å². The molecule has 1 aliphatic heterocycles. The van der Waals surface area contributed by atoms with Gasteiger partial charge in [-0.3, -0.25) is 4.79 Å². The highest BCUT2D eigenvalue weighted by atomic mass is 32.2. The molecule has 5 nitrogen and oxygen atoms in total. The van der Waals surface area contributed by atoms with Gasteiger partial charge in [0.2, 0.25) is 0 Å². The van der Waals surface area contributed by atoms with Crippen LogP contribution in [0.3, 0.4) is 0 Å². The lowest BCUT2D eigenvalue weighted by Crippen LogP contribution is -2.59. The Morgan fingerprint density at radius 1 is 1.32 bits per heavy atom. The third kappa shape index (κ3) is 4.03. The lowest BCUT2D eigenvalue weighted by molar-refractivity contribution is -0.150. The van der Waals surface area contributed by atoms with E-state index in [0.717, 1.165) is 12.2 Å².